The lowest BCUT2D eigenvalue weighted by atomic mass is 10.9. The fourth-order valence-corrected chi connectivity index (χ4v) is 12.3. The predicted molar refractivity (Wildman–Crippen MR) is 78.2 cm³/mol. The van der Waals surface area contributed by atoms with E-state index in [0.29, 0.717) is 0 Å². The van der Waals surface area contributed by atoms with Crippen LogP contribution in [-0.2, 0) is 17.1 Å². The highest BCUT2D eigenvalue weighted by molar-refractivity contribution is 6.80. The Kier molecular flexibility index (Phi) is 8.82. The minimum Gasteiger partial charge on any atom is -0.442 e. The van der Waals surface area contributed by atoms with E-state index in [1.54, 1.807) is 14.2 Å². The van der Waals surface area contributed by atoms with E-state index in [-0.39, 0.29) is 0 Å². The largest absolute Gasteiger partial charge is 0.491 e. The Morgan fingerprint density at radius 2 is 1.41 bits per heavy atom. The summed E-state index contributed by atoms with van der Waals surface area (Å²) in [6, 6.07) is 3.89. The zero-order chi connectivity index (χ0) is 13.4. The highest BCUT2D eigenvalue weighted by Crippen LogP contribution is 2.26. The number of rotatable bonds is 10. The summed E-state index contributed by atoms with van der Waals surface area (Å²) in [5.74, 6) is 0. The van der Waals surface area contributed by atoms with Crippen LogP contribution in [0.1, 0.15) is 27.7 Å². The molecule has 0 aliphatic heterocycles. The molecule has 0 amide bonds. The van der Waals surface area contributed by atoms with Crippen molar-refractivity contribution in [3.63, 3.8) is 0 Å². The van der Waals surface area contributed by atoms with E-state index in [0.717, 1.165) is 24.2 Å². The molecule has 0 N–H and O–H groups in total. The third-order valence-corrected chi connectivity index (χ3v) is 13.4. The second-order valence-corrected chi connectivity index (χ2v) is 13.5. The van der Waals surface area contributed by atoms with Gasteiger partial charge in [-0.1, -0.05) is 27.7 Å². The van der Waals surface area contributed by atoms with Crippen molar-refractivity contribution in [3.8, 4) is 0 Å². The maximum Gasteiger partial charge on any atom is 0.491 e. The summed E-state index contributed by atoms with van der Waals surface area (Å²) in [5.41, 5.74) is 0. The van der Waals surface area contributed by atoms with Crippen LogP contribution >= 0.6 is 0 Å². The van der Waals surface area contributed by atoms with Crippen LogP contribution < -0.4 is 0 Å². The normalized spacial score (nSPS) is 13.8. The maximum absolute atomic E-state index is 6.32. The van der Waals surface area contributed by atoms with Crippen molar-refractivity contribution in [1.29, 1.82) is 0 Å². The van der Waals surface area contributed by atoms with Crippen LogP contribution in [0.4, 0.5) is 0 Å². The van der Waals surface area contributed by atoms with Gasteiger partial charge in [-0.2, -0.15) is 0 Å². The van der Waals surface area contributed by atoms with Crippen molar-refractivity contribution in [1.82, 2.24) is 0 Å². The van der Waals surface area contributed by atoms with Gasteiger partial charge in [-0.3, -0.25) is 0 Å². The fourth-order valence-electron chi connectivity index (χ4n) is 1.73. The first-order valence-corrected chi connectivity index (χ1v) is 12.3. The molecule has 0 spiro atoms. The van der Waals surface area contributed by atoms with Gasteiger partial charge in [0.1, 0.15) is 9.76 Å². The highest BCUT2D eigenvalue weighted by atomic mass is 28.5. The van der Waals surface area contributed by atoms with Crippen LogP contribution in [0.15, 0.2) is 0 Å². The van der Waals surface area contributed by atoms with E-state index < -0.39 is 27.1 Å². The van der Waals surface area contributed by atoms with Crippen LogP contribution in [0.5, 0.6) is 0 Å². The fraction of sp³-hybridized carbons (Fsp3) is 1.00. The third-order valence-electron chi connectivity index (χ3n) is 3.04. The van der Waals surface area contributed by atoms with Crippen molar-refractivity contribution in [3.05, 3.63) is 0 Å². The molecule has 0 aromatic heterocycles. The first kappa shape index (κ1) is 17.5. The lowest BCUT2D eigenvalue weighted by Gasteiger charge is -2.37. The molecule has 0 rings (SSSR count). The molecule has 0 saturated carbocycles. The average Bonchev–Trinajstić information content (AvgIpc) is 2.41. The second kappa shape index (κ2) is 8.57. The monoisotopic (exact) mass is 296 g/mol. The van der Waals surface area contributed by atoms with Gasteiger partial charge < -0.3 is 17.1 Å². The maximum atomic E-state index is 6.32. The van der Waals surface area contributed by atoms with Crippen LogP contribution in [-0.4, -0.2) is 41.3 Å². The number of hydrogen-bond acceptors (Lipinski definition) is 4. The molecule has 104 valence electrons. The van der Waals surface area contributed by atoms with Crippen molar-refractivity contribution >= 4 is 27.1 Å². The summed E-state index contributed by atoms with van der Waals surface area (Å²) in [5, 5.41) is 0. The highest BCUT2D eigenvalue weighted by Gasteiger charge is 2.47. The van der Waals surface area contributed by atoms with Gasteiger partial charge in [0.25, 0.3) is 0 Å². The summed E-state index contributed by atoms with van der Waals surface area (Å²) < 4.78 is 23.6. The molecule has 0 aliphatic rings. The molecule has 0 aromatic rings. The Balaban J connectivity index is 4.81. The van der Waals surface area contributed by atoms with Crippen LogP contribution in [0.2, 0.25) is 24.2 Å². The average molecular weight is 297 g/mol. The van der Waals surface area contributed by atoms with E-state index in [9.17, 15) is 0 Å². The lowest BCUT2D eigenvalue weighted by Crippen LogP contribution is -2.55. The molecule has 0 heterocycles. The zero-order valence-corrected chi connectivity index (χ0v) is 15.6. The summed E-state index contributed by atoms with van der Waals surface area (Å²) in [4.78, 5) is 0. The van der Waals surface area contributed by atoms with Crippen molar-refractivity contribution in [2.75, 3.05) is 14.2 Å². The molecule has 0 aliphatic carbocycles. The SMILES string of the molecule is CC[SiH2]O[Si](CC)(CC)O[Si](CC)(OC)OC. The minimum absolute atomic E-state index is 0.448. The molecule has 0 atom stereocenters. The molecule has 0 bridgehead atoms. The lowest BCUT2D eigenvalue weighted by molar-refractivity contribution is 0.145. The van der Waals surface area contributed by atoms with Gasteiger partial charge in [0, 0.05) is 20.3 Å². The quantitative estimate of drug-likeness (QED) is 0.580. The predicted octanol–water partition coefficient (Wildman–Crippen LogP) is 2.28. The van der Waals surface area contributed by atoms with Gasteiger partial charge in [-0.25, -0.2) is 0 Å². The van der Waals surface area contributed by atoms with E-state index in [1.165, 1.54) is 0 Å². The Morgan fingerprint density at radius 1 is 0.882 bits per heavy atom. The molecule has 0 aromatic carbocycles. The van der Waals surface area contributed by atoms with Gasteiger partial charge in [-0.15, -0.1) is 0 Å². The standard InChI is InChI=1S/C10H28O4Si3/c1-7-15-13-16(8-2,9-3)14-17(10-4,11-5)12-6/h7-10,15H2,1-6H3. The van der Waals surface area contributed by atoms with Gasteiger partial charge >= 0.3 is 17.4 Å². The summed E-state index contributed by atoms with van der Waals surface area (Å²) in [6.07, 6.45) is 0. The van der Waals surface area contributed by atoms with Gasteiger partial charge in [-0.05, 0) is 18.1 Å². The van der Waals surface area contributed by atoms with E-state index in [1.807, 2.05) is 0 Å². The third kappa shape index (κ3) is 4.93. The summed E-state index contributed by atoms with van der Waals surface area (Å²) in [6.45, 7) is 8.54. The summed E-state index contributed by atoms with van der Waals surface area (Å²) in [7, 11) is -1.66. The molecular formula is C10H28O4Si3. The van der Waals surface area contributed by atoms with E-state index >= 15 is 0 Å². The van der Waals surface area contributed by atoms with E-state index in [2.05, 4.69) is 27.7 Å². The van der Waals surface area contributed by atoms with Crippen LogP contribution in [0, 0.1) is 0 Å². The molecule has 0 unspecified atom stereocenters. The first-order valence-electron chi connectivity index (χ1n) is 6.51. The zero-order valence-electron chi connectivity index (χ0n) is 12.2. The Hall–Kier alpha value is 0.491. The van der Waals surface area contributed by atoms with Crippen molar-refractivity contribution in [2.24, 2.45) is 0 Å². The van der Waals surface area contributed by atoms with E-state index in [4.69, 9.17) is 17.1 Å². The Bertz CT molecular complexity index is 188. The molecular weight excluding hydrogens is 268 g/mol. The second-order valence-electron chi connectivity index (χ2n) is 4.01. The van der Waals surface area contributed by atoms with Gasteiger partial charge in [0.2, 0.25) is 0 Å². The smallest absolute Gasteiger partial charge is 0.442 e. The molecule has 4 nitrogen and oxygen atoms in total. The Morgan fingerprint density at radius 3 is 1.71 bits per heavy atom. The van der Waals surface area contributed by atoms with Crippen molar-refractivity contribution in [2.45, 2.75) is 51.9 Å². The van der Waals surface area contributed by atoms with Gasteiger partial charge in [0.05, 0.1) is 0 Å². The molecule has 17 heavy (non-hydrogen) atoms. The molecule has 0 saturated heterocycles. The first-order chi connectivity index (χ1) is 8.07. The summed E-state index contributed by atoms with van der Waals surface area (Å²) >= 11 is 0. The van der Waals surface area contributed by atoms with Crippen molar-refractivity contribution < 1.29 is 17.1 Å². The van der Waals surface area contributed by atoms with Crippen LogP contribution in [0.25, 0.3) is 0 Å². The molecule has 0 radical (unpaired) electrons. The molecule has 0 fully saturated rings. The van der Waals surface area contributed by atoms with Crippen LogP contribution in [0.3, 0.4) is 0 Å². The topological polar surface area (TPSA) is 36.9 Å². The minimum atomic E-state index is -2.49. The Labute approximate surface area is 111 Å². The molecule has 7 heteroatoms. The number of hydrogen-bond donors (Lipinski definition) is 0. The van der Waals surface area contributed by atoms with Gasteiger partial charge in [0.15, 0.2) is 0 Å².